The van der Waals surface area contributed by atoms with Crippen LogP contribution in [0.2, 0.25) is 0 Å². The van der Waals surface area contributed by atoms with Crippen molar-refractivity contribution < 1.29 is 18.4 Å². The van der Waals surface area contributed by atoms with Crippen molar-refractivity contribution in [3.05, 3.63) is 35.4 Å². The molecular weight excluding hydrogens is 256 g/mol. The van der Waals surface area contributed by atoms with Gasteiger partial charge in [0.1, 0.15) is 23.7 Å². The maximum Gasteiger partial charge on any atom is 0.326 e. The molecular formula is C12H9F2N3O2. The quantitative estimate of drug-likeness (QED) is 0.646. The topological polar surface area (TPSA) is 73.2 Å². The summed E-state index contributed by atoms with van der Waals surface area (Å²) in [7, 11) is 0. The number of nitrogens with zero attached hydrogens (tertiary/aromatic N) is 2. The highest BCUT2D eigenvalue weighted by atomic mass is 19.1. The lowest BCUT2D eigenvalue weighted by Gasteiger charge is -2.22. The number of hydrogen-bond acceptors (Lipinski definition) is 3. The molecule has 1 heterocycles. The molecule has 1 aromatic carbocycles. The van der Waals surface area contributed by atoms with Crippen LogP contribution in [0.1, 0.15) is 12.5 Å². The highest BCUT2D eigenvalue weighted by Gasteiger charge is 2.50. The minimum atomic E-state index is -1.71. The Hall–Kier alpha value is -2.49. The van der Waals surface area contributed by atoms with Gasteiger partial charge in [-0.15, -0.1) is 0 Å². The Balaban J connectivity index is 2.50. The summed E-state index contributed by atoms with van der Waals surface area (Å²) < 4.78 is 26.9. The molecule has 0 aromatic heterocycles. The summed E-state index contributed by atoms with van der Waals surface area (Å²) in [5.74, 6) is -2.32. The predicted octanol–water partition coefficient (Wildman–Crippen LogP) is 1.26. The zero-order valence-corrected chi connectivity index (χ0v) is 9.91. The summed E-state index contributed by atoms with van der Waals surface area (Å²) in [5, 5.41) is 10.8. The molecule has 0 radical (unpaired) electrons. The fourth-order valence-electron chi connectivity index (χ4n) is 1.97. The van der Waals surface area contributed by atoms with E-state index in [0.29, 0.717) is 4.90 Å². The Morgan fingerprint density at radius 2 is 2.11 bits per heavy atom. The monoisotopic (exact) mass is 265 g/mol. The zero-order chi connectivity index (χ0) is 14.2. The summed E-state index contributed by atoms with van der Waals surface area (Å²) >= 11 is 0. The van der Waals surface area contributed by atoms with Gasteiger partial charge in [-0.05, 0) is 25.1 Å². The molecule has 0 aliphatic carbocycles. The van der Waals surface area contributed by atoms with Crippen LogP contribution in [0.4, 0.5) is 13.6 Å². The SMILES string of the molecule is C[C@@]1(c2cc(F)ccc2F)NC(=O)N(CC#N)C1=O. The Labute approximate surface area is 107 Å². The smallest absolute Gasteiger partial charge is 0.319 e. The molecule has 1 aliphatic rings. The molecule has 3 amide bonds. The number of carbonyl (C=O) groups excluding carboxylic acids is 2. The fourth-order valence-corrected chi connectivity index (χ4v) is 1.97. The van der Waals surface area contributed by atoms with Gasteiger partial charge < -0.3 is 5.32 Å². The summed E-state index contributed by atoms with van der Waals surface area (Å²) in [6.07, 6.45) is 0. The number of rotatable bonds is 2. The van der Waals surface area contributed by atoms with Gasteiger partial charge in [-0.25, -0.2) is 18.5 Å². The van der Waals surface area contributed by atoms with Gasteiger partial charge >= 0.3 is 6.03 Å². The lowest BCUT2D eigenvalue weighted by atomic mass is 9.91. The van der Waals surface area contributed by atoms with Crippen LogP contribution in [0, 0.1) is 23.0 Å². The fraction of sp³-hybridized carbons (Fsp3) is 0.250. The third kappa shape index (κ3) is 1.91. The number of nitrogens with one attached hydrogen (secondary N) is 1. The first-order chi connectivity index (χ1) is 8.90. The molecule has 1 saturated heterocycles. The normalized spacial score (nSPS) is 22.3. The molecule has 19 heavy (non-hydrogen) atoms. The highest BCUT2D eigenvalue weighted by molar-refractivity contribution is 6.07. The molecule has 0 unspecified atom stereocenters. The van der Waals surface area contributed by atoms with Crippen molar-refractivity contribution >= 4 is 11.9 Å². The van der Waals surface area contributed by atoms with Crippen molar-refractivity contribution in [2.24, 2.45) is 0 Å². The van der Waals surface area contributed by atoms with Gasteiger partial charge in [0.2, 0.25) is 0 Å². The molecule has 0 spiro atoms. The van der Waals surface area contributed by atoms with E-state index in [0.717, 1.165) is 18.2 Å². The summed E-state index contributed by atoms with van der Waals surface area (Å²) in [4.78, 5) is 24.3. The first kappa shape index (κ1) is 13.0. The zero-order valence-electron chi connectivity index (χ0n) is 9.91. The first-order valence-electron chi connectivity index (χ1n) is 5.36. The Morgan fingerprint density at radius 1 is 1.42 bits per heavy atom. The van der Waals surface area contributed by atoms with Gasteiger partial charge in [-0.2, -0.15) is 5.26 Å². The number of halogens is 2. The van der Waals surface area contributed by atoms with Crippen LogP contribution in [0.25, 0.3) is 0 Å². The summed E-state index contributed by atoms with van der Waals surface area (Å²) in [6, 6.07) is 3.50. The number of nitriles is 1. The number of benzene rings is 1. The van der Waals surface area contributed by atoms with Crippen molar-refractivity contribution in [3.63, 3.8) is 0 Å². The van der Waals surface area contributed by atoms with Gasteiger partial charge in [-0.1, -0.05) is 0 Å². The second-order valence-electron chi connectivity index (χ2n) is 4.23. The first-order valence-corrected chi connectivity index (χ1v) is 5.36. The van der Waals surface area contributed by atoms with Crippen molar-refractivity contribution in [1.29, 1.82) is 5.26 Å². The minimum Gasteiger partial charge on any atom is -0.319 e. The molecule has 1 aromatic rings. The van der Waals surface area contributed by atoms with E-state index in [2.05, 4.69) is 5.32 Å². The lowest BCUT2D eigenvalue weighted by Crippen LogP contribution is -2.41. The van der Waals surface area contributed by atoms with E-state index >= 15 is 0 Å². The molecule has 1 N–H and O–H groups in total. The van der Waals surface area contributed by atoms with Crippen molar-refractivity contribution in [2.45, 2.75) is 12.5 Å². The third-order valence-electron chi connectivity index (χ3n) is 2.97. The van der Waals surface area contributed by atoms with Crippen LogP contribution in [-0.4, -0.2) is 23.4 Å². The van der Waals surface area contributed by atoms with Crippen molar-refractivity contribution in [3.8, 4) is 6.07 Å². The Bertz CT molecular complexity index is 611. The van der Waals surface area contributed by atoms with E-state index < -0.39 is 35.7 Å². The van der Waals surface area contributed by atoms with Gasteiger partial charge in [0.25, 0.3) is 5.91 Å². The summed E-state index contributed by atoms with van der Waals surface area (Å²) in [6.45, 7) is 0.819. The van der Waals surface area contributed by atoms with E-state index in [1.807, 2.05) is 0 Å². The molecule has 1 fully saturated rings. The highest BCUT2D eigenvalue weighted by Crippen LogP contribution is 2.30. The number of carbonyl (C=O) groups is 2. The predicted molar refractivity (Wildman–Crippen MR) is 59.6 cm³/mol. The Kier molecular flexibility index (Phi) is 2.94. The molecule has 7 heteroatoms. The molecule has 5 nitrogen and oxygen atoms in total. The van der Waals surface area contributed by atoms with Gasteiger partial charge in [-0.3, -0.25) is 4.79 Å². The van der Waals surface area contributed by atoms with Gasteiger partial charge in [0.15, 0.2) is 0 Å². The Morgan fingerprint density at radius 3 is 2.74 bits per heavy atom. The van der Waals surface area contributed by atoms with E-state index in [1.165, 1.54) is 6.92 Å². The average Bonchev–Trinajstić information content (AvgIpc) is 2.57. The molecule has 0 saturated carbocycles. The van der Waals surface area contributed by atoms with Crippen molar-refractivity contribution in [2.75, 3.05) is 6.54 Å². The van der Waals surface area contributed by atoms with Crippen LogP contribution in [0.5, 0.6) is 0 Å². The van der Waals surface area contributed by atoms with Gasteiger partial charge in [0, 0.05) is 5.56 Å². The third-order valence-corrected chi connectivity index (χ3v) is 2.97. The van der Waals surface area contributed by atoms with Crippen LogP contribution in [0.3, 0.4) is 0 Å². The van der Waals surface area contributed by atoms with Crippen molar-refractivity contribution in [1.82, 2.24) is 10.2 Å². The van der Waals surface area contributed by atoms with E-state index in [1.54, 1.807) is 6.07 Å². The number of imide groups is 1. The number of hydrogen-bond donors (Lipinski definition) is 1. The van der Waals surface area contributed by atoms with Crippen LogP contribution < -0.4 is 5.32 Å². The van der Waals surface area contributed by atoms with E-state index in [-0.39, 0.29) is 5.56 Å². The average molecular weight is 265 g/mol. The van der Waals surface area contributed by atoms with Crippen LogP contribution in [0.15, 0.2) is 18.2 Å². The van der Waals surface area contributed by atoms with Gasteiger partial charge in [0.05, 0.1) is 6.07 Å². The molecule has 1 atom stereocenters. The minimum absolute atomic E-state index is 0.272. The maximum absolute atomic E-state index is 13.7. The lowest BCUT2D eigenvalue weighted by molar-refractivity contribution is -0.130. The van der Waals surface area contributed by atoms with E-state index in [4.69, 9.17) is 5.26 Å². The molecule has 98 valence electrons. The largest absolute Gasteiger partial charge is 0.326 e. The molecule has 0 bridgehead atoms. The second-order valence-corrected chi connectivity index (χ2v) is 4.23. The number of amides is 3. The standard InChI is InChI=1S/C12H9F2N3O2/c1-12(8-6-7(13)2-3-9(8)14)10(18)17(5-4-15)11(19)16-12/h2-3,6H,5H2,1H3,(H,16,19)/t12-/m0/s1. The maximum atomic E-state index is 13.7. The second kappa shape index (κ2) is 4.31. The number of urea groups is 1. The van der Waals surface area contributed by atoms with Crippen LogP contribution >= 0.6 is 0 Å². The van der Waals surface area contributed by atoms with Crippen LogP contribution in [-0.2, 0) is 10.3 Å². The molecule has 2 rings (SSSR count). The van der Waals surface area contributed by atoms with E-state index in [9.17, 15) is 18.4 Å². The summed E-state index contributed by atoms with van der Waals surface area (Å²) in [5.41, 5.74) is -1.98. The molecule has 1 aliphatic heterocycles.